The van der Waals surface area contributed by atoms with Gasteiger partial charge in [-0.05, 0) is 64.9 Å². The maximum atomic E-state index is 6.70. The quantitative estimate of drug-likeness (QED) is 0.528. The van der Waals surface area contributed by atoms with Gasteiger partial charge in [-0.25, -0.2) is 0 Å². The van der Waals surface area contributed by atoms with Crippen LogP contribution in [0.5, 0.6) is 5.75 Å². The molecule has 0 radical (unpaired) electrons. The van der Waals surface area contributed by atoms with E-state index in [4.69, 9.17) is 9.47 Å². The lowest BCUT2D eigenvalue weighted by Crippen LogP contribution is -2.51. The minimum Gasteiger partial charge on any atom is -0.487 e. The Morgan fingerprint density at radius 2 is 1.85 bits per heavy atom. The molecular weight excluding hydrogens is 334 g/mol. The molecule has 1 aromatic rings. The van der Waals surface area contributed by atoms with Crippen molar-refractivity contribution in [2.45, 2.75) is 70.2 Å². The first kappa shape index (κ1) is 18.8. The van der Waals surface area contributed by atoms with E-state index in [0.717, 1.165) is 29.6 Å². The molecule has 146 valence electrons. The van der Waals surface area contributed by atoms with Crippen LogP contribution in [0.2, 0.25) is 0 Å². The van der Waals surface area contributed by atoms with E-state index in [-0.39, 0.29) is 17.3 Å². The summed E-state index contributed by atoms with van der Waals surface area (Å²) in [5, 5.41) is 0. The molecule has 27 heavy (non-hydrogen) atoms. The number of quaternary nitrogens is 1. The SMILES string of the molecule is CC1(C)Oc2ccccc2[C@@H]2O[C@](C)(C#CC[N+]3(C)CCCCC3)CC[C@@H]21. The van der Waals surface area contributed by atoms with Gasteiger partial charge >= 0.3 is 0 Å². The number of nitrogens with zero attached hydrogens (tertiary/aromatic N) is 1. The van der Waals surface area contributed by atoms with Crippen LogP contribution in [0.3, 0.4) is 0 Å². The fraction of sp³-hybridized carbons (Fsp3) is 0.667. The zero-order chi connectivity index (χ0) is 19.1. The van der Waals surface area contributed by atoms with Crippen LogP contribution in [0.25, 0.3) is 0 Å². The van der Waals surface area contributed by atoms with Gasteiger partial charge < -0.3 is 14.0 Å². The third-order valence-corrected chi connectivity index (χ3v) is 6.89. The first-order valence-corrected chi connectivity index (χ1v) is 10.6. The molecule has 3 heteroatoms. The minimum absolute atomic E-state index is 0.0674. The lowest BCUT2D eigenvalue weighted by atomic mass is 9.73. The van der Waals surface area contributed by atoms with Gasteiger partial charge in [0.2, 0.25) is 0 Å². The second-order valence-corrected chi connectivity index (χ2v) is 9.75. The summed E-state index contributed by atoms with van der Waals surface area (Å²) in [6, 6.07) is 8.34. The van der Waals surface area contributed by atoms with Gasteiger partial charge in [0.05, 0.1) is 26.2 Å². The van der Waals surface area contributed by atoms with Crippen LogP contribution in [0, 0.1) is 17.8 Å². The molecule has 3 heterocycles. The number of likely N-dealkylation sites (tertiary alicyclic amines) is 1. The highest BCUT2D eigenvalue weighted by Crippen LogP contribution is 2.52. The van der Waals surface area contributed by atoms with Crippen molar-refractivity contribution in [1.29, 1.82) is 0 Å². The predicted molar refractivity (Wildman–Crippen MR) is 109 cm³/mol. The Kier molecular flexibility index (Phi) is 4.77. The Hall–Kier alpha value is -1.50. The number of para-hydroxylation sites is 1. The number of ether oxygens (including phenoxy) is 2. The standard InChI is InChI=1S/C24H34NO2/c1-23(2)20-13-15-24(3,14-10-18-25(4)16-8-5-9-17-25)27-22(20)19-11-6-7-12-21(19)26-23/h6-7,11-12,20,22H,5,8-9,13,15-18H2,1-4H3/q+1/t20-,22-,24+/m0/s1. The zero-order valence-electron chi connectivity index (χ0n) is 17.4. The second-order valence-electron chi connectivity index (χ2n) is 9.75. The summed E-state index contributed by atoms with van der Waals surface area (Å²) in [5.74, 6) is 8.38. The Bertz CT molecular complexity index is 753. The van der Waals surface area contributed by atoms with Crippen molar-refractivity contribution >= 4 is 0 Å². The molecule has 3 aliphatic rings. The summed E-state index contributed by atoms with van der Waals surface area (Å²) in [7, 11) is 2.35. The van der Waals surface area contributed by atoms with E-state index in [1.165, 1.54) is 37.9 Å². The highest BCUT2D eigenvalue weighted by atomic mass is 16.5. The van der Waals surface area contributed by atoms with E-state index < -0.39 is 0 Å². The minimum atomic E-state index is -0.364. The summed E-state index contributed by atoms with van der Waals surface area (Å²) in [5.41, 5.74) is 0.612. The van der Waals surface area contributed by atoms with E-state index in [9.17, 15) is 0 Å². The lowest BCUT2D eigenvalue weighted by Gasteiger charge is -2.50. The maximum absolute atomic E-state index is 6.70. The van der Waals surface area contributed by atoms with E-state index >= 15 is 0 Å². The second kappa shape index (κ2) is 6.83. The van der Waals surface area contributed by atoms with Gasteiger partial charge in [0.15, 0.2) is 0 Å². The summed E-state index contributed by atoms with van der Waals surface area (Å²) < 4.78 is 14.1. The molecule has 3 nitrogen and oxygen atoms in total. The van der Waals surface area contributed by atoms with Crippen LogP contribution >= 0.6 is 0 Å². The summed E-state index contributed by atoms with van der Waals surface area (Å²) in [6.07, 6.45) is 6.17. The average molecular weight is 369 g/mol. The Morgan fingerprint density at radius 1 is 1.11 bits per heavy atom. The van der Waals surface area contributed by atoms with Crippen LogP contribution in [0.15, 0.2) is 24.3 Å². The third kappa shape index (κ3) is 3.75. The fourth-order valence-corrected chi connectivity index (χ4v) is 5.11. The predicted octanol–water partition coefficient (Wildman–Crippen LogP) is 4.72. The molecule has 0 aromatic heterocycles. The Labute approximate surface area is 164 Å². The lowest BCUT2D eigenvalue weighted by molar-refractivity contribution is -0.907. The van der Waals surface area contributed by atoms with Crippen molar-refractivity contribution in [2.24, 2.45) is 5.92 Å². The van der Waals surface area contributed by atoms with Crippen molar-refractivity contribution in [3.05, 3.63) is 29.8 Å². The number of hydrogen-bond acceptors (Lipinski definition) is 2. The molecule has 0 saturated carbocycles. The first-order valence-electron chi connectivity index (χ1n) is 10.6. The van der Waals surface area contributed by atoms with Crippen molar-refractivity contribution in [3.8, 4) is 17.6 Å². The van der Waals surface area contributed by atoms with Gasteiger partial charge in [0, 0.05) is 11.5 Å². The molecule has 0 unspecified atom stereocenters. The first-order chi connectivity index (χ1) is 12.8. The molecule has 3 atom stereocenters. The van der Waals surface area contributed by atoms with Crippen LogP contribution < -0.4 is 4.74 Å². The third-order valence-electron chi connectivity index (χ3n) is 6.89. The molecule has 0 amide bonds. The van der Waals surface area contributed by atoms with Crippen LogP contribution in [-0.2, 0) is 4.74 Å². The fourth-order valence-electron chi connectivity index (χ4n) is 5.11. The van der Waals surface area contributed by atoms with Crippen molar-refractivity contribution in [3.63, 3.8) is 0 Å². The van der Waals surface area contributed by atoms with Crippen molar-refractivity contribution < 1.29 is 14.0 Å². The topological polar surface area (TPSA) is 18.5 Å². The summed E-state index contributed by atoms with van der Waals surface area (Å²) >= 11 is 0. The average Bonchev–Trinajstić information content (AvgIpc) is 2.61. The molecule has 1 aromatic carbocycles. The van der Waals surface area contributed by atoms with E-state index in [2.05, 4.69) is 57.9 Å². The monoisotopic (exact) mass is 368 g/mol. The number of piperidine rings is 1. The molecular formula is C24H34NO2+. The van der Waals surface area contributed by atoms with Gasteiger partial charge in [-0.1, -0.05) is 24.1 Å². The normalized spacial score (nSPS) is 33.6. The molecule has 0 spiro atoms. The number of rotatable bonds is 1. The molecule has 2 saturated heterocycles. The zero-order valence-corrected chi connectivity index (χ0v) is 17.4. The summed E-state index contributed by atoms with van der Waals surface area (Å²) in [4.78, 5) is 0. The molecule has 0 bridgehead atoms. The highest BCUT2D eigenvalue weighted by molar-refractivity contribution is 5.39. The van der Waals surface area contributed by atoms with Gasteiger partial charge in [-0.2, -0.15) is 0 Å². The molecule has 3 aliphatic heterocycles. The Balaban J connectivity index is 1.54. The van der Waals surface area contributed by atoms with E-state index in [0.29, 0.717) is 5.92 Å². The number of benzene rings is 1. The van der Waals surface area contributed by atoms with Gasteiger partial charge in [0.25, 0.3) is 0 Å². The number of hydrogen-bond donors (Lipinski definition) is 0. The molecule has 0 aliphatic carbocycles. The van der Waals surface area contributed by atoms with Crippen LogP contribution in [0.1, 0.15) is 64.5 Å². The van der Waals surface area contributed by atoms with Gasteiger partial charge in [-0.15, -0.1) is 0 Å². The molecule has 0 N–H and O–H groups in total. The van der Waals surface area contributed by atoms with Gasteiger partial charge in [-0.3, -0.25) is 0 Å². The highest BCUT2D eigenvalue weighted by Gasteiger charge is 2.50. The molecule has 2 fully saturated rings. The van der Waals surface area contributed by atoms with E-state index in [1.807, 2.05) is 6.07 Å². The van der Waals surface area contributed by atoms with Crippen LogP contribution in [0.4, 0.5) is 0 Å². The van der Waals surface area contributed by atoms with E-state index in [1.54, 1.807) is 0 Å². The van der Waals surface area contributed by atoms with Crippen molar-refractivity contribution in [2.75, 3.05) is 26.7 Å². The Morgan fingerprint density at radius 3 is 2.63 bits per heavy atom. The largest absolute Gasteiger partial charge is 0.487 e. The maximum Gasteiger partial charge on any atom is 0.140 e. The van der Waals surface area contributed by atoms with Crippen molar-refractivity contribution in [1.82, 2.24) is 0 Å². The van der Waals surface area contributed by atoms with Gasteiger partial charge in [0.1, 0.15) is 23.5 Å². The smallest absolute Gasteiger partial charge is 0.140 e. The van der Waals surface area contributed by atoms with Crippen LogP contribution in [-0.4, -0.2) is 42.4 Å². The molecule has 4 rings (SSSR count). The number of fused-ring (bicyclic) bond motifs is 3. The summed E-state index contributed by atoms with van der Waals surface area (Å²) in [6.45, 7) is 10.0.